The highest BCUT2D eigenvalue weighted by Gasteiger charge is 2.31. The van der Waals surface area contributed by atoms with Gasteiger partial charge in [0, 0.05) is 23.3 Å². The Morgan fingerprint density at radius 2 is 1.63 bits per heavy atom. The van der Waals surface area contributed by atoms with Gasteiger partial charge in [-0.15, -0.1) is 0 Å². The van der Waals surface area contributed by atoms with Crippen LogP contribution in [0.4, 0.5) is 17.6 Å². The van der Waals surface area contributed by atoms with Crippen molar-refractivity contribution in [3.63, 3.8) is 0 Å². The molecule has 0 aliphatic heterocycles. The van der Waals surface area contributed by atoms with E-state index in [1.165, 1.54) is 5.57 Å². The van der Waals surface area contributed by atoms with Gasteiger partial charge in [-0.2, -0.15) is 0 Å². The molecular weight excluding hydrogens is 448 g/mol. The molecule has 0 bridgehead atoms. The number of hydrogen-bond donors (Lipinski definition) is 0. The van der Waals surface area contributed by atoms with Gasteiger partial charge in [-0.25, -0.2) is 17.6 Å². The maximum atomic E-state index is 14.9. The molecule has 4 aliphatic carbocycles. The Morgan fingerprint density at radius 3 is 2.29 bits per heavy atom. The van der Waals surface area contributed by atoms with Gasteiger partial charge in [0.2, 0.25) is 0 Å². The third-order valence-corrected chi connectivity index (χ3v) is 7.58. The van der Waals surface area contributed by atoms with Gasteiger partial charge < -0.3 is 0 Å². The van der Waals surface area contributed by atoms with Gasteiger partial charge in [-0.3, -0.25) is 0 Å². The van der Waals surface area contributed by atoms with Gasteiger partial charge in [-0.05, 0) is 55.6 Å². The molecule has 0 amide bonds. The summed E-state index contributed by atoms with van der Waals surface area (Å²) >= 11 is 0. The van der Waals surface area contributed by atoms with Crippen LogP contribution in [0.2, 0.25) is 0 Å². The summed E-state index contributed by atoms with van der Waals surface area (Å²) in [6.07, 6.45) is 23.4. The predicted molar refractivity (Wildman–Crippen MR) is 136 cm³/mol. The van der Waals surface area contributed by atoms with E-state index in [-0.39, 0.29) is 23.3 Å². The van der Waals surface area contributed by atoms with Crippen LogP contribution < -0.4 is 0 Å². The monoisotopic (exact) mass is 482 g/mol. The lowest BCUT2D eigenvalue weighted by Crippen LogP contribution is -2.18. The van der Waals surface area contributed by atoms with Crippen LogP contribution in [0.25, 0.3) is 0 Å². The summed E-state index contributed by atoms with van der Waals surface area (Å²) in [5, 5.41) is 0. The topological polar surface area (TPSA) is 0 Å². The summed E-state index contributed by atoms with van der Waals surface area (Å²) in [4.78, 5) is 0. The van der Waals surface area contributed by atoms with Crippen LogP contribution in [0, 0.1) is 23.7 Å². The summed E-state index contributed by atoms with van der Waals surface area (Å²) in [6.45, 7) is 4.06. The van der Waals surface area contributed by atoms with E-state index in [9.17, 15) is 17.6 Å². The van der Waals surface area contributed by atoms with E-state index >= 15 is 0 Å². The number of rotatable bonds is 7. The minimum absolute atomic E-state index is 0.0237. The number of allylic oxidation sites excluding steroid dienone is 18. The van der Waals surface area contributed by atoms with Gasteiger partial charge >= 0.3 is 0 Å². The average Bonchev–Trinajstić information content (AvgIpc) is 2.88. The molecule has 0 fully saturated rings. The highest BCUT2D eigenvalue weighted by molar-refractivity contribution is 5.47. The minimum Gasteiger partial charge on any atom is -0.208 e. The van der Waals surface area contributed by atoms with Crippen molar-refractivity contribution in [3.8, 4) is 0 Å². The fraction of sp³-hybridized carbons (Fsp3) is 0.419. The molecule has 35 heavy (non-hydrogen) atoms. The Morgan fingerprint density at radius 1 is 0.800 bits per heavy atom. The Kier molecular flexibility index (Phi) is 8.30. The van der Waals surface area contributed by atoms with Crippen molar-refractivity contribution >= 4 is 0 Å². The molecule has 0 heterocycles. The van der Waals surface area contributed by atoms with E-state index in [4.69, 9.17) is 0 Å². The molecule has 0 saturated heterocycles. The second kappa shape index (κ2) is 11.4. The molecule has 4 unspecified atom stereocenters. The van der Waals surface area contributed by atoms with Gasteiger partial charge in [0.15, 0.2) is 11.7 Å². The molecule has 0 N–H and O–H groups in total. The first-order chi connectivity index (χ1) is 16.9. The molecule has 4 aliphatic rings. The fourth-order valence-corrected chi connectivity index (χ4v) is 5.36. The van der Waals surface area contributed by atoms with E-state index in [0.29, 0.717) is 31.3 Å². The summed E-state index contributed by atoms with van der Waals surface area (Å²) in [7, 11) is 0. The van der Waals surface area contributed by atoms with Crippen molar-refractivity contribution in [1.82, 2.24) is 0 Å². The van der Waals surface area contributed by atoms with Crippen LogP contribution in [-0.4, -0.2) is 0 Å². The lowest BCUT2D eigenvalue weighted by atomic mass is 9.79. The smallest absolute Gasteiger partial charge is 0.161 e. The van der Waals surface area contributed by atoms with Crippen LogP contribution in [0.1, 0.15) is 58.8 Å². The van der Waals surface area contributed by atoms with Gasteiger partial charge in [0.05, 0.1) is 0 Å². The zero-order valence-corrected chi connectivity index (χ0v) is 20.5. The maximum Gasteiger partial charge on any atom is 0.161 e. The lowest BCUT2D eigenvalue weighted by Gasteiger charge is -2.27. The summed E-state index contributed by atoms with van der Waals surface area (Å²) in [5.41, 5.74) is 2.75. The first kappa shape index (κ1) is 25.5. The van der Waals surface area contributed by atoms with E-state index in [1.54, 1.807) is 18.2 Å². The number of hydrogen-bond acceptors (Lipinski definition) is 0. The lowest BCUT2D eigenvalue weighted by molar-refractivity contribution is 0.349. The Labute approximate surface area is 206 Å². The standard InChI is InChI=1S/C31H34F4/c1-3-5-24-16-18-26(30(34)28(24)32)23-13-8-21(9-14-23)10-15-25-17-19-27(31(35)29(25)33)22-11-6-20(4-2)7-12-22/h6-11,13,15,17-18,22-24,27H,3-5,12,14,16,19H2,1-2H3/b15-10+. The molecule has 4 rings (SSSR count). The first-order valence-electron chi connectivity index (χ1n) is 12.9. The third-order valence-electron chi connectivity index (χ3n) is 7.58. The minimum atomic E-state index is -0.786. The van der Waals surface area contributed by atoms with Gasteiger partial charge in [-0.1, -0.05) is 86.6 Å². The van der Waals surface area contributed by atoms with Crippen molar-refractivity contribution < 1.29 is 17.6 Å². The summed E-state index contributed by atoms with van der Waals surface area (Å²) in [5.74, 6) is -3.84. The van der Waals surface area contributed by atoms with Crippen molar-refractivity contribution in [3.05, 3.63) is 106 Å². The zero-order chi connectivity index (χ0) is 24.9. The van der Waals surface area contributed by atoms with E-state index < -0.39 is 29.2 Å². The van der Waals surface area contributed by atoms with E-state index in [0.717, 1.165) is 24.8 Å². The highest BCUT2D eigenvalue weighted by Crippen LogP contribution is 2.41. The first-order valence-corrected chi connectivity index (χ1v) is 12.9. The average molecular weight is 483 g/mol. The molecule has 0 nitrogen and oxygen atoms in total. The quantitative estimate of drug-likeness (QED) is 0.317. The highest BCUT2D eigenvalue weighted by atomic mass is 19.2. The summed E-state index contributed by atoms with van der Waals surface area (Å²) in [6, 6.07) is 0. The van der Waals surface area contributed by atoms with Crippen LogP contribution in [0.3, 0.4) is 0 Å². The van der Waals surface area contributed by atoms with Gasteiger partial charge in [0.25, 0.3) is 0 Å². The van der Waals surface area contributed by atoms with Crippen molar-refractivity contribution in [2.75, 3.05) is 0 Å². The Balaban J connectivity index is 1.37. The molecule has 4 atom stereocenters. The molecule has 0 aromatic heterocycles. The molecule has 0 spiro atoms. The largest absolute Gasteiger partial charge is 0.208 e. The maximum absolute atomic E-state index is 14.9. The van der Waals surface area contributed by atoms with Crippen molar-refractivity contribution in [2.24, 2.45) is 23.7 Å². The number of halogens is 4. The molecule has 0 aromatic carbocycles. The van der Waals surface area contributed by atoms with Crippen LogP contribution in [0.5, 0.6) is 0 Å². The molecule has 4 heteroatoms. The molecule has 0 aromatic rings. The van der Waals surface area contributed by atoms with Crippen LogP contribution in [-0.2, 0) is 0 Å². The van der Waals surface area contributed by atoms with E-state index in [2.05, 4.69) is 13.0 Å². The second-order valence-electron chi connectivity index (χ2n) is 9.84. The van der Waals surface area contributed by atoms with Crippen molar-refractivity contribution in [1.29, 1.82) is 0 Å². The molecule has 0 radical (unpaired) electrons. The molecular formula is C31H34F4. The predicted octanol–water partition coefficient (Wildman–Crippen LogP) is 9.95. The normalized spacial score (nSPS) is 29.4. The molecule has 0 saturated carbocycles. The van der Waals surface area contributed by atoms with Gasteiger partial charge in [0.1, 0.15) is 11.7 Å². The third kappa shape index (κ3) is 5.63. The van der Waals surface area contributed by atoms with Crippen LogP contribution >= 0.6 is 0 Å². The fourth-order valence-electron chi connectivity index (χ4n) is 5.36. The summed E-state index contributed by atoms with van der Waals surface area (Å²) < 4.78 is 58.8. The Hall–Kier alpha value is -2.62. The zero-order valence-electron chi connectivity index (χ0n) is 20.5. The van der Waals surface area contributed by atoms with E-state index in [1.807, 2.05) is 43.4 Å². The SMILES string of the molecule is CCCC1CC=C(C2C=CC(/C=C/C3=CCC(C4C=CC(CC)=CC4)C(F)=C3F)=CC2)C(F)=C1F. The van der Waals surface area contributed by atoms with Crippen LogP contribution in [0.15, 0.2) is 106 Å². The second-order valence-corrected chi connectivity index (χ2v) is 9.84. The van der Waals surface area contributed by atoms with Crippen molar-refractivity contribution in [2.45, 2.75) is 58.8 Å². The Bertz CT molecular complexity index is 1100. The molecule has 186 valence electrons.